The minimum absolute atomic E-state index is 0.697. The van der Waals surface area contributed by atoms with Gasteiger partial charge in [0.1, 0.15) is 0 Å². The Bertz CT molecular complexity index is 3240. The van der Waals surface area contributed by atoms with E-state index in [-0.39, 0.29) is 0 Å². The first-order chi connectivity index (χ1) is 32.3. The summed E-state index contributed by atoms with van der Waals surface area (Å²) in [5.74, 6) is 0. The predicted molar refractivity (Wildman–Crippen MR) is 274 cm³/mol. The molecule has 2 heteroatoms. The van der Waals surface area contributed by atoms with Crippen LogP contribution in [0.2, 0.25) is 0 Å². The average molecular weight is 829 g/mol. The maximum Gasteiger partial charge on any atom is 0.0713 e. The van der Waals surface area contributed by atoms with Crippen molar-refractivity contribution in [3.8, 4) is 22.3 Å². The second-order valence-corrected chi connectivity index (χ2v) is 16.8. The van der Waals surface area contributed by atoms with Gasteiger partial charge in [-0.1, -0.05) is 206 Å². The van der Waals surface area contributed by atoms with Crippen molar-refractivity contribution in [3.63, 3.8) is 0 Å². The van der Waals surface area contributed by atoms with E-state index in [1.54, 1.807) is 0 Å². The molecule has 0 fully saturated rings. The zero-order chi connectivity index (χ0) is 43.2. The van der Waals surface area contributed by atoms with Gasteiger partial charge in [0, 0.05) is 33.5 Å². The molecule has 11 aromatic rings. The van der Waals surface area contributed by atoms with Gasteiger partial charge in [0.25, 0.3) is 0 Å². The predicted octanol–water partition coefficient (Wildman–Crippen LogP) is 17.0. The molecule has 0 unspecified atom stereocenters. The summed E-state index contributed by atoms with van der Waals surface area (Å²) < 4.78 is 0. The van der Waals surface area contributed by atoms with Gasteiger partial charge in [-0.2, -0.15) is 0 Å². The lowest BCUT2D eigenvalue weighted by Gasteiger charge is -2.39. The first-order valence-corrected chi connectivity index (χ1v) is 22.4. The third kappa shape index (κ3) is 6.33. The number of nitrogens with zero attached hydrogens (tertiary/aromatic N) is 2. The van der Waals surface area contributed by atoms with Crippen LogP contribution < -0.4 is 9.80 Å². The molecule has 0 atom stereocenters. The minimum Gasteiger partial charge on any atom is -0.310 e. The number of rotatable bonds is 8. The number of benzene rings is 11. The Labute approximate surface area is 380 Å². The molecule has 0 aliphatic heterocycles. The maximum absolute atomic E-state index is 2.39. The number of hydrogen-bond donors (Lipinski definition) is 0. The summed E-state index contributed by atoms with van der Waals surface area (Å²) >= 11 is 0. The van der Waals surface area contributed by atoms with Gasteiger partial charge in [0.15, 0.2) is 0 Å². The summed E-state index contributed by atoms with van der Waals surface area (Å²) in [6, 6.07) is 97.8. The molecule has 306 valence electrons. The van der Waals surface area contributed by atoms with Gasteiger partial charge in [-0.3, -0.25) is 0 Å². The normalized spacial score (nSPS) is 12.4. The fourth-order valence-corrected chi connectivity index (χ4v) is 10.5. The van der Waals surface area contributed by atoms with Crippen LogP contribution >= 0.6 is 0 Å². The third-order valence-electron chi connectivity index (χ3n) is 13.3. The summed E-state index contributed by atoms with van der Waals surface area (Å²) in [7, 11) is 0. The van der Waals surface area contributed by atoms with E-state index in [2.05, 4.69) is 277 Å². The molecule has 0 amide bonds. The number of hydrogen-bond acceptors (Lipinski definition) is 2. The van der Waals surface area contributed by atoms with E-state index in [1.807, 2.05) is 0 Å². The molecule has 0 bridgehead atoms. The Morgan fingerprint density at radius 2 is 0.554 bits per heavy atom. The summed E-state index contributed by atoms with van der Waals surface area (Å²) in [5, 5.41) is 4.83. The van der Waals surface area contributed by atoms with E-state index in [4.69, 9.17) is 0 Å². The zero-order valence-corrected chi connectivity index (χ0v) is 35.8. The Hall–Kier alpha value is -8.46. The molecule has 0 radical (unpaired) electrons. The van der Waals surface area contributed by atoms with Crippen LogP contribution in [0.15, 0.2) is 267 Å². The molecule has 12 rings (SSSR count). The molecule has 0 spiro atoms. The number of anilines is 6. The van der Waals surface area contributed by atoms with Crippen molar-refractivity contribution in [1.29, 1.82) is 0 Å². The topological polar surface area (TPSA) is 6.48 Å². The summed E-state index contributed by atoms with van der Waals surface area (Å²) in [5.41, 5.74) is 15.8. The minimum atomic E-state index is -0.697. The molecule has 2 nitrogen and oxygen atoms in total. The first-order valence-electron chi connectivity index (χ1n) is 22.4. The van der Waals surface area contributed by atoms with Crippen LogP contribution in [0.5, 0.6) is 0 Å². The van der Waals surface area contributed by atoms with Crippen LogP contribution in [0, 0.1) is 0 Å². The van der Waals surface area contributed by atoms with Crippen LogP contribution in [0.1, 0.15) is 22.3 Å². The largest absolute Gasteiger partial charge is 0.310 e. The van der Waals surface area contributed by atoms with E-state index >= 15 is 0 Å². The number of fused-ring (bicyclic) bond motifs is 7. The van der Waals surface area contributed by atoms with Crippen molar-refractivity contribution in [3.05, 3.63) is 289 Å². The second-order valence-electron chi connectivity index (χ2n) is 16.8. The summed E-state index contributed by atoms with van der Waals surface area (Å²) in [4.78, 5) is 4.79. The molecule has 0 heterocycles. The average Bonchev–Trinajstić information content (AvgIpc) is 3.49. The Kier molecular flexibility index (Phi) is 9.43. The highest BCUT2D eigenvalue weighted by molar-refractivity contribution is 6.00. The van der Waals surface area contributed by atoms with Gasteiger partial charge in [-0.25, -0.2) is 0 Å². The molecule has 65 heavy (non-hydrogen) atoms. The molecule has 0 aromatic heterocycles. The van der Waals surface area contributed by atoms with Crippen LogP contribution in [0.3, 0.4) is 0 Å². The van der Waals surface area contributed by atoms with Crippen LogP contribution in [0.25, 0.3) is 43.8 Å². The molecular formula is C63H44N2. The SMILES string of the molecule is c1ccc(N(c2ccc(C3(c4ccc(N(c5ccccc5)c5cccc6ccccc56)cc4)c4ccccc4-c4ccccc4-c4ccccc43)cc2)c2cccc3ccccc23)cc1. The quantitative estimate of drug-likeness (QED) is 0.151. The van der Waals surface area contributed by atoms with Crippen molar-refractivity contribution in [2.75, 3.05) is 9.80 Å². The third-order valence-corrected chi connectivity index (χ3v) is 13.3. The standard InChI is InChI=1S/C63H44N2/c1-3-23-49(24-4-1)64(61-35-17-21-45-19-7-9-27-53(45)61)51-41-37-47(38-42-51)63(59-33-15-13-31-57(59)55-29-11-12-30-56(55)58-32-14-16-34-60(58)63)48-39-43-52(44-40-48)65(50-25-5-2-6-26-50)62-36-18-22-46-20-8-10-28-54(46)62/h1-44H. The van der Waals surface area contributed by atoms with Gasteiger partial charge in [-0.15, -0.1) is 0 Å². The maximum atomic E-state index is 2.39. The fraction of sp³-hybridized carbons (Fsp3) is 0.0159. The highest BCUT2D eigenvalue weighted by Gasteiger charge is 2.44. The van der Waals surface area contributed by atoms with Crippen molar-refractivity contribution < 1.29 is 0 Å². The molecule has 11 aromatic carbocycles. The monoisotopic (exact) mass is 828 g/mol. The highest BCUT2D eigenvalue weighted by Crippen LogP contribution is 2.56. The van der Waals surface area contributed by atoms with Gasteiger partial charge >= 0.3 is 0 Å². The number of para-hydroxylation sites is 2. The molecular weight excluding hydrogens is 785 g/mol. The van der Waals surface area contributed by atoms with E-state index in [9.17, 15) is 0 Å². The Morgan fingerprint density at radius 3 is 0.985 bits per heavy atom. The van der Waals surface area contributed by atoms with Crippen molar-refractivity contribution in [2.24, 2.45) is 0 Å². The van der Waals surface area contributed by atoms with Crippen molar-refractivity contribution in [1.82, 2.24) is 0 Å². The fourth-order valence-electron chi connectivity index (χ4n) is 10.5. The molecule has 0 saturated carbocycles. The lowest BCUT2D eigenvalue weighted by Crippen LogP contribution is -2.31. The molecule has 1 aliphatic carbocycles. The van der Waals surface area contributed by atoms with Gasteiger partial charge in [0.05, 0.1) is 16.8 Å². The highest BCUT2D eigenvalue weighted by atomic mass is 15.1. The van der Waals surface area contributed by atoms with Gasteiger partial charge in [0.2, 0.25) is 0 Å². The van der Waals surface area contributed by atoms with E-state index < -0.39 is 5.41 Å². The first kappa shape index (κ1) is 38.2. The summed E-state index contributed by atoms with van der Waals surface area (Å²) in [6.07, 6.45) is 0. The van der Waals surface area contributed by atoms with E-state index in [0.29, 0.717) is 0 Å². The van der Waals surface area contributed by atoms with E-state index in [0.717, 1.165) is 34.1 Å². The summed E-state index contributed by atoms with van der Waals surface area (Å²) in [6.45, 7) is 0. The second kappa shape index (κ2) is 16.0. The molecule has 0 saturated heterocycles. The van der Waals surface area contributed by atoms with Crippen LogP contribution in [0.4, 0.5) is 34.1 Å². The van der Waals surface area contributed by atoms with Crippen LogP contribution in [-0.4, -0.2) is 0 Å². The zero-order valence-electron chi connectivity index (χ0n) is 35.8. The van der Waals surface area contributed by atoms with Crippen molar-refractivity contribution in [2.45, 2.75) is 5.41 Å². The Morgan fingerprint density at radius 1 is 0.231 bits per heavy atom. The van der Waals surface area contributed by atoms with E-state index in [1.165, 1.54) is 66.1 Å². The molecule has 0 N–H and O–H groups in total. The Balaban J connectivity index is 1.10. The van der Waals surface area contributed by atoms with Crippen molar-refractivity contribution >= 4 is 55.7 Å². The van der Waals surface area contributed by atoms with Gasteiger partial charge < -0.3 is 9.80 Å². The molecule has 1 aliphatic rings. The smallest absolute Gasteiger partial charge is 0.0713 e. The lowest BCUT2D eigenvalue weighted by atomic mass is 9.63. The van der Waals surface area contributed by atoms with Gasteiger partial charge in [-0.05, 0) is 116 Å². The lowest BCUT2D eigenvalue weighted by molar-refractivity contribution is 0.751. The van der Waals surface area contributed by atoms with Crippen LogP contribution in [-0.2, 0) is 5.41 Å².